The molecule has 8 aromatic carbocycles. The van der Waals surface area contributed by atoms with Crippen LogP contribution in [0.2, 0.25) is 5.02 Å². The van der Waals surface area contributed by atoms with E-state index < -0.39 is 0 Å². The van der Waals surface area contributed by atoms with Gasteiger partial charge < -0.3 is 44.4 Å². The Labute approximate surface area is 519 Å². The molecule has 2 heterocycles. The van der Waals surface area contributed by atoms with Crippen LogP contribution in [-0.4, -0.2) is 93.0 Å². The number of ether oxygens (including phenoxy) is 6. The van der Waals surface area contributed by atoms with Crippen molar-refractivity contribution >= 4 is 104 Å². The Hall–Kier alpha value is -8.75. The fourth-order valence-corrected chi connectivity index (χ4v) is 9.45. The molecule has 0 spiro atoms. The number of thiol groups is 1. The zero-order valence-corrected chi connectivity index (χ0v) is 50.8. The summed E-state index contributed by atoms with van der Waals surface area (Å²) >= 11 is 17.6. The van der Waals surface area contributed by atoms with Gasteiger partial charge >= 0.3 is 0 Å². The van der Waals surface area contributed by atoms with Gasteiger partial charge in [0, 0.05) is 93.2 Å². The minimum Gasteiger partial charge on any atom is -0.493 e. The van der Waals surface area contributed by atoms with E-state index in [1.165, 1.54) is 6.20 Å². The summed E-state index contributed by atoms with van der Waals surface area (Å²) in [5.74, 6) is 3.77. The van der Waals surface area contributed by atoms with E-state index in [-0.39, 0.29) is 17.7 Å². The van der Waals surface area contributed by atoms with Gasteiger partial charge in [-0.05, 0) is 102 Å². The van der Waals surface area contributed by atoms with E-state index in [4.69, 9.17) is 51.6 Å². The number of para-hydroxylation sites is 3. The van der Waals surface area contributed by atoms with Crippen molar-refractivity contribution in [1.82, 2.24) is 20.4 Å². The number of rotatable bonds is 21. The highest BCUT2D eigenvalue weighted by Crippen LogP contribution is 2.37. The molecule has 10 rings (SSSR count). The highest BCUT2D eigenvalue weighted by Gasteiger charge is 2.15. The number of methoxy groups -OCH3 is 4. The van der Waals surface area contributed by atoms with E-state index >= 15 is 0 Å². The number of benzene rings is 8. The third-order valence-electron chi connectivity index (χ3n) is 12.2. The molecule has 3 N–H and O–H groups in total. The molecule has 0 saturated heterocycles. The molecule has 3 amide bonds. The summed E-state index contributed by atoms with van der Waals surface area (Å²) < 4.78 is 32.1. The Morgan fingerprint density at radius 1 is 0.477 bits per heavy atom. The van der Waals surface area contributed by atoms with Crippen LogP contribution in [0.5, 0.6) is 23.0 Å². The Bertz CT molecular complexity index is 3690. The van der Waals surface area contributed by atoms with Crippen molar-refractivity contribution in [3.05, 3.63) is 239 Å². The molecule has 0 unspecified atom stereocenters. The van der Waals surface area contributed by atoms with Crippen molar-refractivity contribution in [3.8, 4) is 23.0 Å². The predicted octanol–water partition coefficient (Wildman–Crippen LogP) is 14.6. The lowest BCUT2D eigenvalue weighted by molar-refractivity contribution is 0.101. The third-order valence-corrected chi connectivity index (χ3v) is 14.3. The number of fused-ring (bicyclic) bond motifs is 2. The minimum atomic E-state index is -0.139. The Balaban J connectivity index is 0.000000174. The molecule has 2 aromatic heterocycles. The fourth-order valence-electron chi connectivity index (χ4n) is 7.95. The average molecular weight is 1230 g/mol. The lowest BCUT2D eigenvalue weighted by atomic mass is 10.1. The number of nitrogens with zero attached hydrogens (tertiary/aromatic N) is 4. The van der Waals surface area contributed by atoms with Crippen LogP contribution in [-0.2, 0) is 26.9 Å². The highest BCUT2D eigenvalue weighted by molar-refractivity contribution is 7.98. The SMILES string of the molecule is COCCOc1cc2nncc(Cl)c2cc1OC.COCCOc1cc2nncc(SCc3cccc(C(=O)Nc4ccccc4)c3)c2cc1OC.O=C(Nc1ccccc1)c1cccc(CCl)c1.O=C(Nc1ccccc1)c1cccc(CS)c1. The van der Waals surface area contributed by atoms with Crippen LogP contribution in [0.4, 0.5) is 17.1 Å². The molecule has 10 aromatic rings. The molecular weight excluding hydrogens is 1170 g/mol. The van der Waals surface area contributed by atoms with Gasteiger partial charge in [-0.3, -0.25) is 14.4 Å². The predicted molar refractivity (Wildman–Crippen MR) is 346 cm³/mol. The molecule has 0 atom stereocenters. The first kappa shape index (κ1) is 64.8. The van der Waals surface area contributed by atoms with Gasteiger partial charge in [-0.15, -0.1) is 23.4 Å². The van der Waals surface area contributed by atoms with Crippen LogP contribution >= 0.6 is 47.6 Å². The maximum absolute atomic E-state index is 12.6. The minimum absolute atomic E-state index is 0.0974. The topological polar surface area (TPSA) is 194 Å². The molecule has 86 heavy (non-hydrogen) atoms. The number of alkyl halides is 1. The van der Waals surface area contributed by atoms with E-state index in [1.807, 2.05) is 158 Å². The van der Waals surface area contributed by atoms with Crippen LogP contribution in [0, 0.1) is 0 Å². The second-order valence-electron chi connectivity index (χ2n) is 18.3. The number of thioether (sulfide) groups is 1. The van der Waals surface area contributed by atoms with Gasteiger partial charge in [-0.2, -0.15) is 33.0 Å². The third kappa shape index (κ3) is 19.9. The van der Waals surface area contributed by atoms with Crippen molar-refractivity contribution in [2.45, 2.75) is 22.3 Å². The van der Waals surface area contributed by atoms with Gasteiger partial charge in [-0.1, -0.05) is 103 Å². The normalized spacial score (nSPS) is 10.4. The van der Waals surface area contributed by atoms with E-state index in [0.717, 1.165) is 49.4 Å². The highest BCUT2D eigenvalue weighted by atomic mass is 35.5. The van der Waals surface area contributed by atoms with Crippen molar-refractivity contribution in [1.29, 1.82) is 0 Å². The summed E-state index contributed by atoms with van der Waals surface area (Å²) in [7, 11) is 6.43. The Morgan fingerprint density at radius 2 is 0.895 bits per heavy atom. The van der Waals surface area contributed by atoms with E-state index in [0.29, 0.717) is 99.6 Å². The van der Waals surface area contributed by atoms with Gasteiger partial charge in [0.2, 0.25) is 0 Å². The largest absolute Gasteiger partial charge is 0.493 e. The Kier molecular flexibility index (Phi) is 26.3. The molecule has 0 aliphatic rings. The van der Waals surface area contributed by atoms with Gasteiger partial charge in [0.05, 0.1) is 55.9 Å². The lowest BCUT2D eigenvalue weighted by Crippen LogP contribution is -2.11. The second-order valence-corrected chi connectivity index (χ2v) is 20.3. The molecule has 0 fully saturated rings. The average Bonchev–Trinajstić information content (AvgIpc) is 3.41. The molecule has 0 saturated carbocycles. The van der Waals surface area contributed by atoms with Gasteiger partial charge in [0.15, 0.2) is 23.0 Å². The van der Waals surface area contributed by atoms with E-state index in [9.17, 15) is 14.4 Å². The molecule has 442 valence electrons. The quantitative estimate of drug-likeness (QED) is 0.0230. The maximum Gasteiger partial charge on any atom is 0.255 e. The van der Waals surface area contributed by atoms with Crippen LogP contribution < -0.4 is 34.9 Å². The first-order chi connectivity index (χ1) is 42.0. The molecule has 0 bridgehead atoms. The molecule has 0 radical (unpaired) electrons. The first-order valence-electron chi connectivity index (χ1n) is 26.7. The monoisotopic (exact) mass is 1230 g/mol. The number of hydrogen-bond donors (Lipinski definition) is 4. The van der Waals surface area contributed by atoms with Gasteiger partial charge in [-0.25, -0.2) is 0 Å². The molecule has 20 heteroatoms. The number of halogens is 2. The number of hydrogen-bond acceptors (Lipinski definition) is 15. The van der Waals surface area contributed by atoms with Crippen molar-refractivity contribution in [2.24, 2.45) is 0 Å². The van der Waals surface area contributed by atoms with Gasteiger partial charge in [0.25, 0.3) is 17.7 Å². The first-order valence-corrected chi connectivity index (χ1v) is 29.3. The summed E-state index contributed by atoms with van der Waals surface area (Å²) in [6.45, 7) is 1.83. The van der Waals surface area contributed by atoms with Crippen molar-refractivity contribution in [3.63, 3.8) is 0 Å². The summed E-state index contributed by atoms with van der Waals surface area (Å²) in [6, 6.07) is 57.9. The van der Waals surface area contributed by atoms with Crippen molar-refractivity contribution < 1.29 is 42.8 Å². The summed E-state index contributed by atoms with van der Waals surface area (Å²) in [4.78, 5) is 37.5. The van der Waals surface area contributed by atoms with Crippen LogP contribution in [0.3, 0.4) is 0 Å². The van der Waals surface area contributed by atoms with Crippen molar-refractivity contribution in [2.75, 3.05) is 70.8 Å². The van der Waals surface area contributed by atoms with E-state index in [1.54, 1.807) is 76.7 Å². The standard InChI is InChI=1S/C26H25N3O4S.C14H12ClNO.C14H13NOS.C12H13ClN2O3/c1-31-11-12-33-24-15-22-21(14-23(24)32-2)25(16-27-29-22)34-17-18-7-6-8-19(13-18)26(30)28-20-9-4-3-5-10-20;15-10-11-5-4-6-12(9-11)14(17)16-13-7-2-1-3-8-13;16-14(15-13-7-2-1-3-8-13)12-6-4-5-11(9-12)10-17;1-16-3-4-18-12-6-10-8(5-11(12)17-2)9(13)7-14-15-10/h3-10,13-16H,11-12,17H2,1-2H3,(H,28,30);1-9H,10H2,(H,16,17);1-9,17H,10H2,(H,15,16);5-7H,3-4H2,1-2H3. The fraction of sp³-hybridized carbons (Fsp3) is 0.167. The second kappa shape index (κ2) is 34.9. The smallest absolute Gasteiger partial charge is 0.255 e. The van der Waals surface area contributed by atoms with E-state index in [2.05, 4.69) is 49.0 Å². The molecule has 0 aliphatic heterocycles. The van der Waals surface area contributed by atoms with Crippen LogP contribution in [0.15, 0.2) is 205 Å². The summed E-state index contributed by atoms with van der Waals surface area (Å²) in [6.07, 6.45) is 3.23. The number of amides is 3. The van der Waals surface area contributed by atoms with Crippen LogP contribution in [0.25, 0.3) is 21.8 Å². The zero-order valence-electron chi connectivity index (χ0n) is 47.6. The lowest BCUT2D eigenvalue weighted by Gasteiger charge is -2.13. The number of nitrogens with one attached hydrogen (secondary N) is 3. The molecule has 0 aliphatic carbocycles. The Morgan fingerprint density at radius 3 is 1.35 bits per heavy atom. The summed E-state index contributed by atoms with van der Waals surface area (Å²) in [5.41, 5.74) is 8.61. The van der Waals surface area contributed by atoms with Gasteiger partial charge in [0.1, 0.15) is 13.2 Å². The zero-order chi connectivity index (χ0) is 60.9. The number of carbonyl (C=O) groups is 3. The molecular formula is C66H63Cl2N7O9S2. The molecule has 16 nitrogen and oxygen atoms in total. The number of anilines is 3. The maximum atomic E-state index is 12.6. The number of aromatic nitrogens is 4. The van der Waals surface area contributed by atoms with Crippen LogP contribution in [0.1, 0.15) is 47.8 Å². The summed E-state index contributed by atoms with van der Waals surface area (Å²) in [5, 5.41) is 27.0. The number of carbonyl (C=O) groups excluding carboxylic acids is 3.